The molecule has 0 radical (unpaired) electrons. The maximum atomic E-state index is 13.2. The largest absolute Gasteiger partial charge is 0.494 e. The summed E-state index contributed by atoms with van der Waals surface area (Å²) in [6.45, 7) is 0. The molecule has 2 aromatic rings. The average molecular weight is 310 g/mol. The minimum atomic E-state index is -0.503. The molecule has 0 unspecified atom stereocenters. The first-order chi connectivity index (χ1) is 8.61. The highest BCUT2D eigenvalue weighted by Crippen LogP contribution is 2.20. The molecule has 0 aliphatic heterocycles. The minimum absolute atomic E-state index is 0.0378. The summed E-state index contributed by atoms with van der Waals surface area (Å²) in [5, 5.41) is 0. The first-order valence-corrected chi connectivity index (χ1v) is 5.92. The molecule has 3 nitrogen and oxygen atoms in total. The molecular weight excluding hydrogens is 301 g/mol. The second kappa shape index (κ2) is 5.27. The predicted octanol–water partition coefficient (Wildman–Crippen LogP) is 3.22. The molecule has 1 aromatic heterocycles. The third-order valence-corrected chi connectivity index (χ3v) is 2.80. The van der Waals surface area contributed by atoms with Gasteiger partial charge in [0, 0.05) is 5.56 Å². The standard InChI is InChI=1S/C13H9BrFNO2/c1-18-11-7-8(5-6-9(11)15)13(17)10-3-2-4-12(14)16-10/h2-7H,1H3. The first kappa shape index (κ1) is 12.7. The van der Waals surface area contributed by atoms with E-state index in [1.807, 2.05) is 0 Å². The summed E-state index contributed by atoms with van der Waals surface area (Å²) in [6.07, 6.45) is 0. The van der Waals surface area contributed by atoms with Crippen LogP contribution >= 0.6 is 15.9 Å². The maximum absolute atomic E-state index is 13.2. The van der Waals surface area contributed by atoms with Crippen molar-refractivity contribution >= 4 is 21.7 Å². The van der Waals surface area contributed by atoms with E-state index in [1.165, 1.54) is 25.3 Å². The van der Waals surface area contributed by atoms with Gasteiger partial charge in [-0.1, -0.05) is 6.07 Å². The van der Waals surface area contributed by atoms with Crippen molar-refractivity contribution in [3.05, 3.63) is 58.1 Å². The topological polar surface area (TPSA) is 39.2 Å². The number of ether oxygens (including phenoxy) is 1. The first-order valence-electron chi connectivity index (χ1n) is 5.12. The fourth-order valence-corrected chi connectivity index (χ4v) is 1.83. The molecule has 92 valence electrons. The number of ketones is 1. The van der Waals surface area contributed by atoms with E-state index in [9.17, 15) is 9.18 Å². The van der Waals surface area contributed by atoms with Crippen molar-refractivity contribution in [3.63, 3.8) is 0 Å². The summed E-state index contributed by atoms with van der Waals surface area (Å²) in [5.74, 6) is -0.748. The Labute approximate surface area is 112 Å². The van der Waals surface area contributed by atoms with E-state index in [-0.39, 0.29) is 17.2 Å². The monoisotopic (exact) mass is 309 g/mol. The second-order valence-corrected chi connectivity index (χ2v) is 4.34. The van der Waals surface area contributed by atoms with Gasteiger partial charge in [-0.2, -0.15) is 0 Å². The highest BCUT2D eigenvalue weighted by Gasteiger charge is 2.13. The zero-order valence-corrected chi connectivity index (χ0v) is 11.1. The summed E-state index contributed by atoms with van der Waals surface area (Å²) in [6, 6.07) is 9.00. The molecule has 0 atom stereocenters. The lowest BCUT2D eigenvalue weighted by Crippen LogP contribution is -2.04. The highest BCUT2D eigenvalue weighted by molar-refractivity contribution is 9.10. The van der Waals surface area contributed by atoms with Crippen LogP contribution < -0.4 is 4.74 Å². The molecule has 0 aliphatic rings. The highest BCUT2D eigenvalue weighted by atomic mass is 79.9. The van der Waals surface area contributed by atoms with Gasteiger partial charge in [0.25, 0.3) is 0 Å². The molecule has 0 bridgehead atoms. The third kappa shape index (κ3) is 2.56. The summed E-state index contributed by atoms with van der Waals surface area (Å²) < 4.78 is 18.7. The maximum Gasteiger partial charge on any atom is 0.211 e. The second-order valence-electron chi connectivity index (χ2n) is 3.52. The molecule has 5 heteroatoms. The molecule has 1 aromatic carbocycles. The number of hydrogen-bond donors (Lipinski definition) is 0. The van der Waals surface area contributed by atoms with Gasteiger partial charge in [-0.15, -0.1) is 0 Å². The van der Waals surface area contributed by atoms with Crippen LogP contribution in [0.5, 0.6) is 5.75 Å². The van der Waals surface area contributed by atoms with E-state index in [4.69, 9.17) is 4.74 Å². The molecule has 0 saturated heterocycles. The molecule has 0 spiro atoms. The van der Waals surface area contributed by atoms with Crippen molar-refractivity contribution in [3.8, 4) is 5.75 Å². The van der Waals surface area contributed by atoms with Gasteiger partial charge in [-0.3, -0.25) is 4.79 Å². The smallest absolute Gasteiger partial charge is 0.211 e. The average Bonchev–Trinajstić information content (AvgIpc) is 2.38. The molecule has 0 amide bonds. The van der Waals surface area contributed by atoms with Crippen LogP contribution in [-0.2, 0) is 0 Å². The van der Waals surface area contributed by atoms with Gasteiger partial charge in [-0.25, -0.2) is 9.37 Å². The number of hydrogen-bond acceptors (Lipinski definition) is 3. The van der Waals surface area contributed by atoms with Gasteiger partial charge in [0.05, 0.1) is 7.11 Å². The van der Waals surface area contributed by atoms with Crippen LogP contribution in [0.3, 0.4) is 0 Å². The predicted molar refractivity (Wildman–Crippen MR) is 68.3 cm³/mol. The molecule has 0 aliphatic carbocycles. The summed E-state index contributed by atoms with van der Waals surface area (Å²) in [5.41, 5.74) is 0.622. The number of methoxy groups -OCH3 is 1. The van der Waals surface area contributed by atoms with Gasteiger partial charge in [0.2, 0.25) is 5.78 Å². The number of rotatable bonds is 3. The number of aromatic nitrogens is 1. The summed E-state index contributed by atoms with van der Waals surface area (Å²) in [7, 11) is 1.35. The van der Waals surface area contributed by atoms with Crippen LogP contribution in [0.25, 0.3) is 0 Å². The van der Waals surface area contributed by atoms with Crippen LogP contribution in [0.15, 0.2) is 41.0 Å². The zero-order valence-electron chi connectivity index (χ0n) is 9.48. The van der Waals surface area contributed by atoms with E-state index in [1.54, 1.807) is 18.2 Å². The van der Waals surface area contributed by atoms with Crippen molar-refractivity contribution in [2.45, 2.75) is 0 Å². The molecule has 0 saturated carbocycles. The molecule has 0 fully saturated rings. The van der Waals surface area contributed by atoms with Gasteiger partial charge < -0.3 is 4.74 Å². The molecule has 1 heterocycles. The van der Waals surface area contributed by atoms with Crippen molar-refractivity contribution in [2.75, 3.05) is 7.11 Å². The van der Waals surface area contributed by atoms with Gasteiger partial charge in [-0.05, 0) is 46.3 Å². The van der Waals surface area contributed by atoms with Gasteiger partial charge in [0.15, 0.2) is 11.6 Å². The Morgan fingerprint density at radius 1 is 1.33 bits per heavy atom. The van der Waals surface area contributed by atoms with Gasteiger partial charge >= 0.3 is 0 Å². The Balaban J connectivity index is 2.40. The van der Waals surface area contributed by atoms with E-state index >= 15 is 0 Å². The van der Waals surface area contributed by atoms with E-state index in [0.29, 0.717) is 10.2 Å². The lowest BCUT2D eigenvalue weighted by atomic mass is 10.1. The van der Waals surface area contributed by atoms with Crippen molar-refractivity contribution in [2.24, 2.45) is 0 Å². The third-order valence-electron chi connectivity index (χ3n) is 2.36. The van der Waals surface area contributed by atoms with Gasteiger partial charge in [0.1, 0.15) is 10.3 Å². The Bertz CT molecular complexity index is 601. The number of pyridine rings is 1. The molecular formula is C13H9BrFNO2. The van der Waals surface area contributed by atoms with Crippen molar-refractivity contribution in [1.82, 2.24) is 4.98 Å². The SMILES string of the molecule is COc1cc(C(=O)c2cccc(Br)n2)ccc1F. The van der Waals surface area contributed by atoms with Crippen LogP contribution in [0.4, 0.5) is 4.39 Å². The number of benzene rings is 1. The lowest BCUT2D eigenvalue weighted by Gasteiger charge is -2.05. The fraction of sp³-hybridized carbons (Fsp3) is 0.0769. The summed E-state index contributed by atoms with van der Waals surface area (Å²) >= 11 is 3.19. The quantitative estimate of drug-likeness (QED) is 0.645. The molecule has 2 rings (SSSR count). The fourth-order valence-electron chi connectivity index (χ4n) is 1.48. The van der Waals surface area contributed by atoms with E-state index < -0.39 is 5.82 Å². The Hall–Kier alpha value is -1.75. The normalized spacial score (nSPS) is 10.2. The Kier molecular flexibility index (Phi) is 3.72. The minimum Gasteiger partial charge on any atom is -0.494 e. The van der Waals surface area contributed by atoms with Crippen LogP contribution in [0.1, 0.15) is 16.1 Å². The Morgan fingerprint density at radius 3 is 2.78 bits per heavy atom. The number of halogens is 2. The number of carbonyl (C=O) groups is 1. The summed E-state index contributed by atoms with van der Waals surface area (Å²) in [4.78, 5) is 16.2. The van der Waals surface area contributed by atoms with E-state index in [2.05, 4.69) is 20.9 Å². The van der Waals surface area contributed by atoms with Crippen LogP contribution in [0, 0.1) is 5.82 Å². The van der Waals surface area contributed by atoms with Crippen molar-refractivity contribution in [1.29, 1.82) is 0 Å². The Morgan fingerprint density at radius 2 is 2.11 bits per heavy atom. The lowest BCUT2D eigenvalue weighted by molar-refractivity contribution is 0.103. The number of carbonyl (C=O) groups excluding carboxylic acids is 1. The van der Waals surface area contributed by atoms with Crippen LogP contribution in [-0.4, -0.2) is 17.9 Å². The van der Waals surface area contributed by atoms with Crippen LogP contribution in [0.2, 0.25) is 0 Å². The number of nitrogens with zero attached hydrogens (tertiary/aromatic N) is 1. The zero-order chi connectivity index (χ0) is 13.1. The van der Waals surface area contributed by atoms with E-state index in [0.717, 1.165) is 0 Å². The molecule has 0 N–H and O–H groups in total. The van der Waals surface area contributed by atoms with Crippen molar-refractivity contribution < 1.29 is 13.9 Å². The molecule has 18 heavy (non-hydrogen) atoms.